The monoisotopic (exact) mass is 480 g/mol. The Morgan fingerprint density at radius 1 is 1.31 bits per heavy atom. The Morgan fingerprint density at radius 2 is 2.17 bits per heavy atom. The Labute approximate surface area is 207 Å². The van der Waals surface area contributed by atoms with Crippen molar-refractivity contribution in [3.8, 4) is 5.88 Å². The summed E-state index contributed by atoms with van der Waals surface area (Å²) in [6.07, 6.45) is 7.88. The van der Waals surface area contributed by atoms with Gasteiger partial charge in [0.2, 0.25) is 11.8 Å². The van der Waals surface area contributed by atoms with E-state index in [2.05, 4.69) is 29.4 Å². The maximum atomic E-state index is 13.1. The van der Waals surface area contributed by atoms with Crippen LogP contribution in [0.3, 0.4) is 0 Å². The molecule has 1 amide bonds. The molecular weight excluding hydrogens is 444 g/mol. The number of carboxylic acids is 1. The molecule has 2 unspecified atom stereocenters. The number of rotatable bonds is 11. The van der Waals surface area contributed by atoms with E-state index >= 15 is 0 Å². The van der Waals surface area contributed by atoms with E-state index in [0.29, 0.717) is 18.8 Å². The number of nitrogens with zero attached hydrogens (tertiary/aromatic N) is 3. The van der Waals surface area contributed by atoms with Crippen LogP contribution in [0.4, 0.5) is 5.82 Å². The zero-order chi connectivity index (χ0) is 24.8. The first kappa shape index (κ1) is 24.9. The van der Waals surface area contributed by atoms with Gasteiger partial charge >= 0.3 is 5.97 Å². The van der Waals surface area contributed by atoms with Crippen molar-refractivity contribution in [1.29, 1.82) is 0 Å². The second kappa shape index (κ2) is 11.5. The van der Waals surface area contributed by atoms with Crippen molar-refractivity contribution in [3.63, 3.8) is 0 Å². The molecule has 8 heteroatoms. The number of methoxy groups -OCH3 is 1. The number of amides is 1. The van der Waals surface area contributed by atoms with Crippen LogP contribution in [-0.2, 0) is 22.4 Å². The number of fused-ring (bicyclic) bond motifs is 1. The van der Waals surface area contributed by atoms with E-state index in [1.54, 1.807) is 19.4 Å². The average Bonchev–Trinajstić information content (AvgIpc) is 3.14. The smallest absolute Gasteiger partial charge is 0.303 e. The minimum Gasteiger partial charge on any atom is -0.481 e. The van der Waals surface area contributed by atoms with Crippen molar-refractivity contribution in [2.24, 2.45) is 5.92 Å². The molecule has 4 rings (SSSR count). The molecule has 0 radical (unpaired) electrons. The predicted molar refractivity (Wildman–Crippen MR) is 134 cm³/mol. The lowest BCUT2D eigenvalue weighted by Gasteiger charge is -2.23. The van der Waals surface area contributed by atoms with Crippen LogP contribution in [0.5, 0.6) is 5.88 Å². The zero-order valence-electron chi connectivity index (χ0n) is 20.7. The summed E-state index contributed by atoms with van der Waals surface area (Å²) in [7, 11) is 1.55. The molecule has 2 aliphatic rings. The third kappa shape index (κ3) is 6.29. The van der Waals surface area contributed by atoms with Crippen LogP contribution in [0.15, 0.2) is 30.5 Å². The normalized spacial score (nSPS) is 20.3. The van der Waals surface area contributed by atoms with Gasteiger partial charge in [-0.1, -0.05) is 12.1 Å². The molecule has 0 aliphatic carbocycles. The van der Waals surface area contributed by atoms with Gasteiger partial charge in [-0.25, -0.2) is 9.97 Å². The number of ether oxygens (including phenoxy) is 1. The number of carboxylic acid groups (broad SMARTS) is 1. The topological polar surface area (TPSA) is 105 Å². The van der Waals surface area contributed by atoms with Crippen LogP contribution in [0, 0.1) is 5.92 Å². The quantitative estimate of drug-likeness (QED) is 0.500. The van der Waals surface area contributed by atoms with E-state index in [9.17, 15) is 14.7 Å². The predicted octanol–water partition coefficient (Wildman–Crippen LogP) is 4.05. The van der Waals surface area contributed by atoms with Gasteiger partial charge in [0.05, 0.1) is 13.5 Å². The van der Waals surface area contributed by atoms with E-state index in [4.69, 9.17) is 9.72 Å². The summed E-state index contributed by atoms with van der Waals surface area (Å²) in [6, 6.07) is 8.10. The third-order valence-electron chi connectivity index (χ3n) is 7.30. The number of carbonyl (C=O) groups is 2. The minimum atomic E-state index is -0.831. The number of pyridine rings is 2. The SMILES string of the molecule is COc1ccc(C(CCCN2C(=O)[C@@H](CCc3ccc4c(n3)NCCC4)CC2C)CC(=O)O)cn1. The van der Waals surface area contributed by atoms with Crippen LogP contribution < -0.4 is 10.1 Å². The van der Waals surface area contributed by atoms with Gasteiger partial charge < -0.3 is 20.1 Å². The molecule has 1 fully saturated rings. The zero-order valence-corrected chi connectivity index (χ0v) is 20.7. The van der Waals surface area contributed by atoms with Crippen molar-refractivity contribution in [3.05, 3.63) is 47.3 Å². The first-order chi connectivity index (χ1) is 16.9. The summed E-state index contributed by atoms with van der Waals surface area (Å²) in [4.78, 5) is 35.5. The lowest BCUT2D eigenvalue weighted by molar-refractivity contribution is -0.137. The van der Waals surface area contributed by atoms with Gasteiger partial charge in [-0.2, -0.15) is 0 Å². The molecular formula is C27H36N4O4. The molecule has 3 atom stereocenters. The van der Waals surface area contributed by atoms with Crippen LogP contribution in [0.25, 0.3) is 0 Å². The summed E-state index contributed by atoms with van der Waals surface area (Å²) in [5.41, 5.74) is 3.21. The maximum Gasteiger partial charge on any atom is 0.303 e. The second-order valence-corrected chi connectivity index (χ2v) is 9.76. The van der Waals surface area contributed by atoms with Gasteiger partial charge in [0, 0.05) is 43.0 Å². The van der Waals surface area contributed by atoms with E-state index in [-0.39, 0.29) is 30.2 Å². The first-order valence-corrected chi connectivity index (χ1v) is 12.7. The molecule has 35 heavy (non-hydrogen) atoms. The van der Waals surface area contributed by atoms with E-state index in [1.165, 1.54) is 5.56 Å². The van der Waals surface area contributed by atoms with Crippen molar-refractivity contribution in [2.45, 2.75) is 70.3 Å². The van der Waals surface area contributed by atoms with Crippen LogP contribution in [0.2, 0.25) is 0 Å². The van der Waals surface area contributed by atoms with E-state index in [1.807, 2.05) is 11.0 Å². The summed E-state index contributed by atoms with van der Waals surface area (Å²) in [5.74, 6) is 0.781. The summed E-state index contributed by atoms with van der Waals surface area (Å²) in [5, 5.41) is 12.8. The first-order valence-electron chi connectivity index (χ1n) is 12.7. The minimum absolute atomic E-state index is 0.0244. The number of nitrogens with one attached hydrogen (secondary N) is 1. The molecule has 2 N–H and O–H groups in total. The number of aryl methyl sites for hydroxylation is 2. The van der Waals surface area contributed by atoms with Crippen LogP contribution >= 0.6 is 0 Å². The molecule has 0 bridgehead atoms. The standard InChI is InChI=1S/C27H36N4O4/c1-18-15-21(8-11-23-10-7-19-5-3-13-28-26(19)30-23)27(34)31(18)14-4-6-20(16-25(32)33)22-9-12-24(35-2)29-17-22/h7,9-10,12,17-18,20-21H,3-6,8,11,13-16H2,1-2H3,(H,28,30)(H,32,33)/t18?,20?,21-/m0/s1. The van der Waals surface area contributed by atoms with Gasteiger partial charge in [0.25, 0.3) is 0 Å². The highest BCUT2D eigenvalue weighted by molar-refractivity contribution is 5.81. The molecule has 0 saturated carbocycles. The summed E-state index contributed by atoms with van der Waals surface area (Å²) < 4.78 is 5.11. The van der Waals surface area contributed by atoms with Crippen LogP contribution in [-0.4, -0.2) is 58.1 Å². The largest absolute Gasteiger partial charge is 0.481 e. The van der Waals surface area contributed by atoms with Gasteiger partial charge in [0.1, 0.15) is 5.82 Å². The Kier molecular flexibility index (Phi) is 8.21. The molecule has 2 aliphatic heterocycles. The number of aliphatic carboxylic acids is 1. The average molecular weight is 481 g/mol. The summed E-state index contributed by atoms with van der Waals surface area (Å²) >= 11 is 0. The molecule has 4 heterocycles. The van der Waals surface area contributed by atoms with Crippen molar-refractivity contribution in [1.82, 2.24) is 14.9 Å². The number of likely N-dealkylation sites (tertiary alicyclic amines) is 1. The molecule has 2 aromatic heterocycles. The molecule has 0 spiro atoms. The van der Waals surface area contributed by atoms with E-state index < -0.39 is 5.97 Å². The van der Waals surface area contributed by atoms with Crippen molar-refractivity contribution >= 4 is 17.7 Å². The van der Waals surface area contributed by atoms with Crippen LogP contribution in [0.1, 0.15) is 68.2 Å². The van der Waals surface area contributed by atoms with Crippen molar-refractivity contribution < 1.29 is 19.4 Å². The number of hydrogen-bond donors (Lipinski definition) is 2. The Morgan fingerprint density at radius 3 is 2.91 bits per heavy atom. The van der Waals surface area contributed by atoms with Gasteiger partial charge in [-0.3, -0.25) is 9.59 Å². The molecule has 0 aromatic carbocycles. The summed E-state index contributed by atoms with van der Waals surface area (Å²) in [6.45, 7) is 3.73. The van der Waals surface area contributed by atoms with Gasteiger partial charge in [-0.15, -0.1) is 0 Å². The highest BCUT2D eigenvalue weighted by Gasteiger charge is 2.36. The highest BCUT2D eigenvalue weighted by Crippen LogP contribution is 2.31. The number of anilines is 1. The Bertz CT molecular complexity index is 1030. The fourth-order valence-corrected chi connectivity index (χ4v) is 5.35. The number of hydrogen-bond acceptors (Lipinski definition) is 6. The molecule has 188 valence electrons. The Hall–Kier alpha value is -3.16. The third-order valence-corrected chi connectivity index (χ3v) is 7.30. The van der Waals surface area contributed by atoms with E-state index in [0.717, 1.165) is 62.1 Å². The maximum absolute atomic E-state index is 13.1. The molecule has 2 aromatic rings. The lowest BCUT2D eigenvalue weighted by Crippen LogP contribution is -2.33. The number of carbonyl (C=O) groups excluding carboxylic acids is 1. The fraction of sp³-hybridized carbons (Fsp3) is 0.556. The van der Waals surface area contributed by atoms with Gasteiger partial charge in [0.15, 0.2) is 0 Å². The molecule has 1 saturated heterocycles. The van der Waals surface area contributed by atoms with Crippen molar-refractivity contribution in [2.75, 3.05) is 25.5 Å². The number of aromatic nitrogens is 2. The lowest BCUT2D eigenvalue weighted by atomic mass is 9.92. The Balaban J connectivity index is 1.29. The van der Waals surface area contributed by atoms with Gasteiger partial charge in [-0.05, 0) is 75.0 Å². The second-order valence-electron chi connectivity index (χ2n) is 9.76. The molecule has 8 nitrogen and oxygen atoms in total. The fourth-order valence-electron chi connectivity index (χ4n) is 5.35. The highest BCUT2D eigenvalue weighted by atomic mass is 16.5.